The lowest BCUT2D eigenvalue weighted by Gasteiger charge is -2.32. The van der Waals surface area contributed by atoms with Crippen LogP contribution in [0.4, 0.5) is 0 Å². The Bertz CT molecular complexity index is 744. The van der Waals surface area contributed by atoms with Gasteiger partial charge in [-0.1, -0.05) is 0 Å². The molecule has 4 heterocycles. The van der Waals surface area contributed by atoms with Crippen LogP contribution in [0.1, 0.15) is 27.3 Å². The van der Waals surface area contributed by atoms with Gasteiger partial charge in [-0.15, -0.1) is 0 Å². The van der Waals surface area contributed by atoms with Crippen molar-refractivity contribution in [2.45, 2.75) is 19.5 Å². The highest BCUT2D eigenvalue weighted by Crippen LogP contribution is 2.24. The zero-order valence-electron chi connectivity index (χ0n) is 14.9. The first-order valence-electron chi connectivity index (χ1n) is 8.88. The molecular formula is C18H25N5O2. The Morgan fingerprint density at radius 2 is 2.00 bits per heavy atom. The first-order chi connectivity index (χ1) is 12.1. The number of carbonyl (C=O) groups is 1. The Morgan fingerprint density at radius 1 is 1.20 bits per heavy atom. The molecule has 0 saturated carbocycles. The molecule has 2 aromatic heterocycles. The summed E-state index contributed by atoms with van der Waals surface area (Å²) in [6, 6.07) is 2.00. The zero-order valence-corrected chi connectivity index (χ0v) is 14.9. The number of aromatic nitrogens is 2. The molecule has 0 spiro atoms. The van der Waals surface area contributed by atoms with Crippen LogP contribution in [0.3, 0.4) is 0 Å². The molecule has 2 aliphatic rings. The second kappa shape index (κ2) is 6.65. The summed E-state index contributed by atoms with van der Waals surface area (Å²) in [5, 5.41) is 4.58. The van der Waals surface area contributed by atoms with E-state index in [9.17, 15) is 4.79 Å². The Morgan fingerprint density at radius 3 is 2.72 bits per heavy atom. The van der Waals surface area contributed by atoms with E-state index < -0.39 is 0 Å². The number of hydrogen-bond donors (Lipinski definition) is 0. The molecule has 0 radical (unpaired) electrons. The van der Waals surface area contributed by atoms with Gasteiger partial charge in [-0.3, -0.25) is 14.4 Å². The maximum Gasteiger partial charge on any atom is 0.274 e. The predicted octanol–water partition coefficient (Wildman–Crippen LogP) is 0.959. The van der Waals surface area contributed by atoms with E-state index in [0.29, 0.717) is 5.69 Å². The maximum absolute atomic E-state index is 12.9. The van der Waals surface area contributed by atoms with Crippen LogP contribution in [0, 0.1) is 0 Å². The van der Waals surface area contributed by atoms with Crippen LogP contribution in [0.2, 0.25) is 0 Å². The number of aryl methyl sites for hydroxylation is 1. The van der Waals surface area contributed by atoms with Crippen molar-refractivity contribution in [2.24, 2.45) is 7.05 Å². The van der Waals surface area contributed by atoms with E-state index in [4.69, 9.17) is 4.42 Å². The third-order valence-electron chi connectivity index (χ3n) is 5.31. The van der Waals surface area contributed by atoms with Gasteiger partial charge in [-0.05, 0) is 19.5 Å². The summed E-state index contributed by atoms with van der Waals surface area (Å²) in [5.41, 5.74) is 4.13. The number of nitrogens with zero attached hydrogens (tertiary/aromatic N) is 5. The zero-order chi connectivity index (χ0) is 17.4. The first-order valence-corrected chi connectivity index (χ1v) is 8.88. The second-order valence-corrected chi connectivity index (χ2v) is 7.09. The Kier molecular flexibility index (Phi) is 4.35. The van der Waals surface area contributed by atoms with Crippen LogP contribution in [0.15, 0.2) is 23.0 Å². The minimum absolute atomic E-state index is 0.0910. The summed E-state index contributed by atoms with van der Waals surface area (Å²) < 4.78 is 7.05. The number of fused-ring (bicyclic) bond motifs is 1. The van der Waals surface area contributed by atoms with Gasteiger partial charge in [0.1, 0.15) is 0 Å². The Hall–Kier alpha value is -2.12. The lowest BCUT2D eigenvalue weighted by Crippen LogP contribution is -2.47. The molecule has 1 saturated heterocycles. The van der Waals surface area contributed by atoms with Crippen LogP contribution in [0.25, 0.3) is 0 Å². The monoisotopic (exact) mass is 343 g/mol. The van der Waals surface area contributed by atoms with Crippen molar-refractivity contribution >= 4 is 5.91 Å². The highest BCUT2D eigenvalue weighted by molar-refractivity contribution is 5.94. The molecule has 1 fully saturated rings. The number of carbonyl (C=O) groups excluding carboxylic acids is 1. The molecule has 2 aromatic rings. The maximum atomic E-state index is 12.9. The second-order valence-electron chi connectivity index (χ2n) is 7.09. The van der Waals surface area contributed by atoms with Crippen molar-refractivity contribution in [3.63, 3.8) is 0 Å². The van der Waals surface area contributed by atoms with E-state index in [1.807, 2.05) is 22.7 Å². The molecule has 0 bridgehead atoms. The normalized spacial score (nSPS) is 19.2. The van der Waals surface area contributed by atoms with E-state index in [-0.39, 0.29) is 5.91 Å². The predicted molar refractivity (Wildman–Crippen MR) is 93.1 cm³/mol. The lowest BCUT2D eigenvalue weighted by atomic mass is 10.0. The summed E-state index contributed by atoms with van der Waals surface area (Å²) in [5.74, 6) is 0.0910. The van der Waals surface area contributed by atoms with Crippen molar-refractivity contribution in [1.82, 2.24) is 24.5 Å². The summed E-state index contributed by atoms with van der Waals surface area (Å²) in [7, 11) is 4.04. The summed E-state index contributed by atoms with van der Waals surface area (Å²) in [4.78, 5) is 19.5. The fourth-order valence-electron chi connectivity index (χ4n) is 3.73. The standard InChI is InChI=1S/C18H25N5O2/c1-20-6-8-23(9-7-20)18(24)17-15-3-5-22(11-14-4-10-25-13-14)12-16(15)21(2)19-17/h4,10,13H,3,5-9,11-12H2,1-2H3. The quantitative estimate of drug-likeness (QED) is 0.831. The minimum Gasteiger partial charge on any atom is -0.472 e. The molecule has 25 heavy (non-hydrogen) atoms. The Balaban J connectivity index is 1.50. The van der Waals surface area contributed by atoms with Crippen LogP contribution < -0.4 is 0 Å². The highest BCUT2D eigenvalue weighted by atomic mass is 16.3. The van der Waals surface area contributed by atoms with E-state index >= 15 is 0 Å². The highest BCUT2D eigenvalue weighted by Gasteiger charge is 2.30. The number of likely N-dealkylation sites (N-methyl/N-ethyl adjacent to an activating group) is 1. The molecule has 1 amide bonds. The summed E-state index contributed by atoms with van der Waals surface area (Å²) in [6.45, 7) is 6.05. The molecule has 0 atom stereocenters. The molecule has 134 valence electrons. The van der Waals surface area contributed by atoms with Gasteiger partial charge in [0.2, 0.25) is 0 Å². The van der Waals surface area contributed by atoms with Gasteiger partial charge in [0.05, 0.1) is 18.2 Å². The van der Waals surface area contributed by atoms with Gasteiger partial charge >= 0.3 is 0 Å². The van der Waals surface area contributed by atoms with Gasteiger partial charge in [-0.2, -0.15) is 5.10 Å². The molecule has 0 aliphatic carbocycles. The smallest absolute Gasteiger partial charge is 0.274 e. The van der Waals surface area contributed by atoms with Gasteiger partial charge < -0.3 is 14.2 Å². The molecule has 7 nitrogen and oxygen atoms in total. The molecule has 0 aromatic carbocycles. The number of rotatable bonds is 3. The van der Waals surface area contributed by atoms with Crippen LogP contribution in [-0.2, 0) is 26.6 Å². The molecule has 4 rings (SSSR count). The average molecular weight is 343 g/mol. The summed E-state index contributed by atoms with van der Waals surface area (Å²) >= 11 is 0. The van der Waals surface area contributed by atoms with Gasteiger partial charge in [0.15, 0.2) is 5.69 Å². The van der Waals surface area contributed by atoms with Crippen LogP contribution >= 0.6 is 0 Å². The average Bonchev–Trinajstić information content (AvgIpc) is 3.23. The third-order valence-corrected chi connectivity index (χ3v) is 5.31. The van der Waals surface area contributed by atoms with Crippen LogP contribution in [-0.4, -0.2) is 70.2 Å². The topological polar surface area (TPSA) is 57.8 Å². The van der Waals surface area contributed by atoms with Crippen molar-refractivity contribution < 1.29 is 9.21 Å². The van der Waals surface area contributed by atoms with Crippen LogP contribution in [0.5, 0.6) is 0 Å². The largest absolute Gasteiger partial charge is 0.472 e. The lowest BCUT2D eigenvalue weighted by molar-refractivity contribution is 0.0656. The van der Waals surface area contributed by atoms with Crippen molar-refractivity contribution in [2.75, 3.05) is 39.8 Å². The van der Waals surface area contributed by atoms with Gasteiger partial charge in [-0.25, -0.2) is 0 Å². The summed E-state index contributed by atoms with van der Waals surface area (Å²) in [6.07, 6.45) is 4.37. The molecular weight excluding hydrogens is 318 g/mol. The van der Waals surface area contributed by atoms with Crippen molar-refractivity contribution in [3.8, 4) is 0 Å². The van der Waals surface area contributed by atoms with E-state index in [2.05, 4.69) is 21.9 Å². The minimum atomic E-state index is 0.0910. The number of amides is 1. The molecule has 0 N–H and O–H groups in total. The molecule has 2 aliphatic heterocycles. The fourth-order valence-corrected chi connectivity index (χ4v) is 3.73. The first kappa shape index (κ1) is 16.4. The SMILES string of the molecule is CN1CCN(C(=O)c2nn(C)c3c2CCN(Cc2ccoc2)C3)CC1. The molecule has 0 unspecified atom stereocenters. The number of piperazine rings is 1. The van der Waals surface area contributed by atoms with Gasteiger partial charge in [0.25, 0.3) is 5.91 Å². The molecule has 7 heteroatoms. The van der Waals surface area contributed by atoms with Crippen molar-refractivity contribution in [1.29, 1.82) is 0 Å². The third kappa shape index (κ3) is 3.21. The fraction of sp³-hybridized carbons (Fsp3) is 0.556. The number of furan rings is 1. The Labute approximate surface area is 147 Å². The van der Waals surface area contributed by atoms with Crippen molar-refractivity contribution in [3.05, 3.63) is 41.1 Å². The van der Waals surface area contributed by atoms with E-state index in [0.717, 1.165) is 63.5 Å². The van der Waals surface area contributed by atoms with E-state index in [1.165, 1.54) is 5.56 Å². The van der Waals surface area contributed by atoms with Gasteiger partial charge in [0, 0.05) is 64.0 Å². The number of hydrogen-bond acceptors (Lipinski definition) is 5. The van der Waals surface area contributed by atoms with E-state index in [1.54, 1.807) is 12.5 Å².